The topological polar surface area (TPSA) is 33.2 Å². The van der Waals surface area contributed by atoms with Crippen LogP contribution in [0.3, 0.4) is 0 Å². The van der Waals surface area contributed by atoms with Crippen molar-refractivity contribution >= 4 is 17.7 Å². The number of pyridine rings is 1. The first kappa shape index (κ1) is 14.4. The van der Waals surface area contributed by atoms with Crippen LogP contribution in [0.5, 0.6) is 0 Å². The van der Waals surface area contributed by atoms with Crippen molar-refractivity contribution in [2.75, 3.05) is 12.8 Å². The highest BCUT2D eigenvalue weighted by Crippen LogP contribution is 2.31. The van der Waals surface area contributed by atoms with Crippen LogP contribution >= 0.6 is 11.8 Å². The Labute approximate surface area is 119 Å². The molecule has 0 spiro atoms. The number of thioether (sulfide) groups is 1. The molecular weight excluding hydrogens is 256 g/mol. The number of hydrogen-bond acceptors (Lipinski definition) is 3. The first-order valence-corrected chi connectivity index (χ1v) is 8.20. The van der Waals surface area contributed by atoms with Crippen LogP contribution < -0.4 is 0 Å². The standard InChI is InChI=1S/C15H22N2OS/c1-12(19-2)7-9-17(15(18)14-5-6-14)11-13-4-3-8-16-10-13/h3-4,8,10,12,14H,5-7,9,11H2,1-2H3. The van der Waals surface area contributed by atoms with Crippen molar-refractivity contribution in [2.24, 2.45) is 5.92 Å². The van der Waals surface area contributed by atoms with Gasteiger partial charge in [-0.3, -0.25) is 9.78 Å². The van der Waals surface area contributed by atoms with E-state index < -0.39 is 0 Å². The molecule has 4 heteroatoms. The molecule has 3 nitrogen and oxygen atoms in total. The van der Waals surface area contributed by atoms with Gasteiger partial charge in [0.05, 0.1) is 0 Å². The molecule has 0 saturated heterocycles. The number of aromatic nitrogens is 1. The van der Waals surface area contributed by atoms with Crippen molar-refractivity contribution in [1.29, 1.82) is 0 Å². The van der Waals surface area contributed by atoms with Crippen molar-refractivity contribution in [3.63, 3.8) is 0 Å². The van der Waals surface area contributed by atoms with Crippen LogP contribution in [0.2, 0.25) is 0 Å². The van der Waals surface area contributed by atoms with Gasteiger partial charge in [0.1, 0.15) is 0 Å². The fourth-order valence-corrected chi connectivity index (χ4v) is 2.36. The van der Waals surface area contributed by atoms with E-state index in [-0.39, 0.29) is 0 Å². The van der Waals surface area contributed by atoms with Crippen LogP contribution in [0.25, 0.3) is 0 Å². The summed E-state index contributed by atoms with van der Waals surface area (Å²) in [6, 6.07) is 3.97. The summed E-state index contributed by atoms with van der Waals surface area (Å²) in [7, 11) is 0. The highest BCUT2D eigenvalue weighted by atomic mass is 32.2. The summed E-state index contributed by atoms with van der Waals surface area (Å²) in [5, 5.41) is 0.600. The molecule has 104 valence electrons. The summed E-state index contributed by atoms with van der Waals surface area (Å²) >= 11 is 1.86. The Morgan fingerprint density at radius 3 is 2.95 bits per heavy atom. The maximum atomic E-state index is 12.3. The van der Waals surface area contributed by atoms with E-state index in [1.54, 1.807) is 6.20 Å². The molecule has 0 N–H and O–H groups in total. The zero-order chi connectivity index (χ0) is 13.7. The van der Waals surface area contributed by atoms with Gasteiger partial charge in [0, 0.05) is 36.7 Å². The third-order valence-corrected chi connectivity index (χ3v) is 4.58. The van der Waals surface area contributed by atoms with Gasteiger partial charge in [0.2, 0.25) is 5.91 Å². The number of rotatable bonds is 7. The molecule has 1 saturated carbocycles. The van der Waals surface area contributed by atoms with E-state index in [1.165, 1.54) is 0 Å². The van der Waals surface area contributed by atoms with Crippen molar-refractivity contribution < 1.29 is 4.79 Å². The summed E-state index contributed by atoms with van der Waals surface area (Å²) < 4.78 is 0. The summed E-state index contributed by atoms with van der Waals surface area (Å²) in [4.78, 5) is 18.5. The predicted octanol–water partition coefficient (Wildman–Crippen LogP) is 2.96. The Bertz CT molecular complexity index is 406. The summed E-state index contributed by atoms with van der Waals surface area (Å²) in [5.74, 6) is 0.624. The lowest BCUT2D eigenvalue weighted by atomic mass is 10.2. The van der Waals surface area contributed by atoms with Crippen LogP contribution in [0, 0.1) is 5.92 Å². The zero-order valence-corrected chi connectivity index (χ0v) is 12.5. The molecule has 1 amide bonds. The molecule has 2 rings (SSSR count). The first-order chi connectivity index (χ1) is 9.20. The van der Waals surface area contributed by atoms with Gasteiger partial charge in [-0.15, -0.1) is 0 Å². The molecule has 1 fully saturated rings. The summed E-state index contributed by atoms with van der Waals surface area (Å²) in [6.45, 7) is 3.77. The molecule has 19 heavy (non-hydrogen) atoms. The third-order valence-electron chi connectivity index (χ3n) is 3.54. The quantitative estimate of drug-likeness (QED) is 0.769. The molecule has 1 unspecified atom stereocenters. The van der Waals surface area contributed by atoms with Crippen LogP contribution in [-0.2, 0) is 11.3 Å². The third kappa shape index (κ3) is 4.53. The highest BCUT2D eigenvalue weighted by Gasteiger charge is 2.33. The SMILES string of the molecule is CSC(C)CCN(Cc1cccnc1)C(=O)C1CC1. The molecule has 1 aliphatic carbocycles. The average Bonchev–Trinajstić information content (AvgIpc) is 3.28. The minimum absolute atomic E-state index is 0.293. The minimum atomic E-state index is 0.293. The van der Waals surface area contributed by atoms with Gasteiger partial charge in [-0.1, -0.05) is 13.0 Å². The van der Waals surface area contributed by atoms with Crippen LogP contribution in [0.1, 0.15) is 31.7 Å². The second-order valence-corrected chi connectivity index (χ2v) is 6.51. The Kier molecular flexibility index (Phi) is 5.25. The molecule has 0 aromatic carbocycles. The normalized spacial score (nSPS) is 16.1. The fourth-order valence-electron chi connectivity index (χ4n) is 2.02. The first-order valence-electron chi connectivity index (χ1n) is 6.91. The number of amides is 1. The largest absolute Gasteiger partial charge is 0.338 e. The van der Waals surface area contributed by atoms with E-state index in [0.29, 0.717) is 23.6 Å². The summed E-state index contributed by atoms with van der Waals surface area (Å²) in [6.07, 6.45) is 8.94. The van der Waals surface area contributed by atoms with Crippen molar-refractivity contribution in [3.8, 4) is 0 Å². The van der Waals surface area contributed by atoms with E-state index >= 15 is 0 Å². The van der Waals surface area contributed by atoms with Gasteiger partial charge in [-0.25, -0.2) is 0 Å². The molecule has 1 heterocycles. The van der Waals surface area contributed by atoms with Crippen LogP contribution in [0.4, 0.5) is 0 Å². The Balaban J connectivity index is 1.95. The van der Waals surface area contributed by atoms with Gasteiger partial charge in [-0.05, 0) is 37.1 Å². The van der Waals surface area contributed by atoms with Crippen molar-refractivity contribution in [3.05, 3.63) is 30.1 Å². The van der Waals surface area contributed by atoms with Gasteiger partial charge in [0.15, 0.2) is 0 Å². The Morgan fingerprint density at radius 1 is 1.58 bits per heavy atom. The van der Waals surface area contributed by atoms with Gasteiger partial charge in [0.25, 0.3) is 0 Å². The molecule has 1 aromatic heterocycles. The Morgan fingerprint density at radius 2 is 2.37 bits per heavy atom. The van der Waals surface area contributed by atoms with Crippen LogP contribution in [0.15, 0.2) is 24.5 Å². The number of carbonyl (C=O) groups excluding carboxylic acids is 1. The lowest BCUT2D eigenvalue weighted by molar-refractivity contribution is -0.133. The molecular formula is C15H22N2OS. The molecule has 1 aromatic rings. The van der Waals surface area contributed by atoms with Crippen LogP contribution in [-0.4, -0.2) is 33.8 Å². The lowest BCUT2D eigenvalue weighted by Gasteiger charge is -2.24. The lowest BCUT2D eigenvalue weighted by Crippen LogP contribution is -2.33. The van der Waals surface area contributed by atoms with E-state index in [4.69, 9.17) is 0 Å². The molecule has 1 atom stereocenters. The minimum Gasteiger partial charge on any atom is -0.338 e. The maximum absolute atomic E-state index is 12.3. The fraction of sp³-hybridized carbons (Fsp3) is 0.600. The van der Waals surface area contributed by atoms with Gasteiger partial charge < -0.3 is 4.90 Å². The molecule has 0 aliphatic heterocycles. The second-order valence-electron chi connectivity index (χ2n) is 5.23. The van der Waals surface area contributed by atoms with E-state index in [9.17, 15) is 4.79 Å². The number of hydrogen-bond donors (Lipinski definition) is 0. The van der Waals surface area contributed by atoms with Gasteiger partial charge >= 0.3 is 0 Å². The van der Waals surface area contributed by atoms with E-state index in [1.807, 2.05) is 35.0 Å². The van der Waals surface area contributed by atoms with Crippen molar-refractivity contribution in [1.82, 2.24) is 9.88 Å². The smallest absolute Gasteiger partial charge is 0.225 e. The molecule has 0 radical (unpaired) electrons. The zero-order valence-electron chi connectivity index (χ0n) is 11.7. The monoisotopic (exact) mass is 278 g/mol. The predicted molar refractivity (Wildman–Crippen MR) is 80.0 cm³/mol. The number of nitrogens with zero attached hydrogens (tertiary/aromatic N) is 2. The summed E-state index contributed by atoms with van der Waals surface area (Å²) in [5.41, 5.74) is 1.12. The Hall–Kier alpha value is -1.03. The molecule has 0 bridgehead atoms. The van der Waals surface area contributed by atoms with E-state index in [0.717, 1.165) is 31.4 Å². The van der Waals surface area contributed by atoms with Crippen molar-refractivity contribution in [2.45, 2.75) is 38.0 Å². The average molecular weight is 278 g/mol. The number of carbonyl (C=O) groups is 1. The van der Waals surface area contributed by atoms with Gasteiger partial charge in [-0.2, -0.15) is 11.8 Å². The highest BCUT2D eigenvalue weighted by molar-refractivity contribution is 7.99. The second kappa shape index (κ2) is 6.94. The van der Waals surface area contributed by atoms with E-state index in [2.05, 4.69) is 18.2 Å². The molecule has 1 aliphatic rings. The maximum Gasteiger partial charge on any atom is 0.225 e.